The summed E-state index contributed by atoms with van der Waals surface area (Å²) in [5, 5.41) is 0. The van der Waals surface area contributed by atoms with Crippen molar-refractivity contribution in [2.24, 2.45) is 11.8 Å². The van der Waals surface area contributed by atoms with Crippen LogP contribution in [0.4, 0.5) is 5.69 Å². The third-order valence-electron chi connectivity index (χ3n) is 8.81. The predicted molar refractivity (Wildman–Crippen MR) is 121 cm³/mol. The number of hydrogen-bond donors (Lipinski definition) is 2. The number of methoxy groups -OCH3 is 2. The van der Waals surface area contributed by atoms with Gasteiger partial charge in [-0.2, -0.15) is 8.42 Å². The molecule has 2 N–H and O–H groups in total. The molecule has 34 heavy (non-hydrogen) atoms. The van der Waals surface area contributed by atoms with E-state index < -0.39 is 10.4 Å². The minimum atomic E-state index is -4.67. The van der Waals surface area contributed by atoms with E-state index in [0.29, 0.717) is 36.7 Å². The van der Waals surface area contributed by atoms with E-state index in [2.05, 4.69) is 21.9 Å². The van der Waals surface area contributed by atoms with Crippen molar-refractivity contribution >= 4 is 22.0 Å². The fourth-order valence-corrected chi connectivity index (χ4v) is 7.87. The summed E-state index contributed by atoms with van der Waals surface area (Å²) in [6.07, 6.45) is 5.11. The highest BCUT2D eigenvalue weighted by Gasteiger charge is 2.71. The van der Waals surface area contributed by atoms with E-state index >= 15 is 0 Å². The molecule has 11 heteroatoms. The van der Waals surface area contributed by atoms with Crippen LogP contribution in [0, 0.1) is 11.8 Å². The number of piperidine rings is 2. The average Bonchev–Trinajstić information content (AvgIpc) is 3.24. The lowest BCUT2D eigenvalue weighted by Gasteiger charge is -2.58. The highest BCUT2D eigenvalue weighted by molar-refractivity contribution is 7.79. The zero-order valence-corrected chi connectivity index (χ0v) is 19.8. The van der Waals surface area contributed by atoms with Crippen LogP contribution in [-0.2, 0) is 25.3 Å². The van der Waals surface area contributed by atoms with Gasteiger partial charge < -0.3 is 19.1 Å². The Hall–Kier alpha value is -2.18. The first-order chi connectivity index (χ1) is 16.2. The molecule has 4 fully saturated rings. The molecule has 10 nitrogen and oxygen atoms in total. The van der Waals surface area contributed by atoms with Crippen molar-refractivity contribution < 1.29 is 36.5 Å². The van der Waals surface area contributed by atoms with Crippen LogP contribution < -0.4 is 14.4 Å². The molecule has 0 aromatic heterocycles. The number of benzene rings is 1. The van der Waals surface area contributed by atoms with Crippen LogP contribution in [0.5, 0.6) is 11.5 Å². The van der Waals surface area contributed by atoms with Crippen LogP contribution in [0.15, 0.2) is 23.8 Å². The summed E-state index contributed by atoms with van der Waals surface area (Å²) >= 11 is 0. The minimum absolute atomic E-state index is 0.0242. The van der Waals surface area contributed by atoms with Gasteiger partial charge in [-0.25, -0.2) is 0 Å². The number of carbonyl (C=O) groups excluding carboxylic acids is 1. The SMILES string of the molecule is COc1cc2c(cc1OC)[C@@]13CCN4CC5=CCO[C@H]6CC(=O)N2[C@H]1[C@H]6[C@H]5C[C@H]43.O=S(=O)(O)O. The largest absolute Gasteiger partial charge is 0.493 e. The second-order valence-corrected chi connectivity index (χ2v) is 10.8. The molecule has 7 rings (SSSR count). The Kier molecular flexibility index (Phi) is 4.86. The van der Waals surface area contributed by atoms with Gasteiger partial charge in [0.1, 0.15) is 0 Å². The van der Waals surface area contributed by atoms with Crippen molar-refractivity contribution in [1.82, 2.24) is 4.90 Å². The lowest BCUT2D eigenvalue weighted by Crippen LogP contribution is -2.69. The highest BCUT2D eigenvalue weighted by atomic mass is 32.3. The monoisotopic (exact) mass is 492 g/mol. The Labute approximate surface area is 198 Å². The molecule has 1 saturated carbocycles. The first kappa shape index (κ1) is 22.3. The molecule has 1 aromatic rings. The molecule has 1 aliphatic carbocycles. The number of nitrogens with zero attached hydrogens (tertiary/aromatic N) is 2. The molecule has 5 aliphatic heterocycles. The van der Waals surface area contributed by atoms with E-state index in [9.17, 15) is 4.79 Å². The third-order valence-corrected chi connectivity index (χ3v) is 8.81. The van der Waals surface area contributed by atoms with E-state index in [1.165, 1.54) is 12.0 Å². The van der Waals surface area contributed by atoms with Gasteiger partial charge in [-0.15, -0.1) is 0 Å². The normalized spacial score (nSPS) is 36.7. The molecule has 184 valence electrons. The molecule has 2 bridgehead atoms. The number of carbonyl (C=O) groups is 1. The summed E-state index contributed by atoms with van der Waals surface area (Å²) in [6, 6.07) is 4.87. The second-order valence-electron chi connectivity index (χ2n) is 9.93. The summed E-state index contributed by atoms with van der Waals surface area (Å²) in [5.74, 6) is 2.57. The van der Waals surface area contributed by atoms with Crippen LogP contribution in [0.2, 0.25) is 0 Å². The second kappa shape index (κ2) is 7.41. The first-order valence-corrected chi connectivity index (χ1v) is 12.9. The fraction of sp³-hybridized carbons (Fsp3) is 0.609. The molecule has 1 aromatic carbocycles. The maximum absolute atomic E-state index is 13.5. The van der Waals surface area contributed by atoms with Crippen LogP contribution in [0.1, 0.15) is 24.8 Å². The number of ether oxygens (including phenoxy) is 3. The van der Waals surface area contributed by atoms with Crippen molar-refractivity contribution in [1.29, 1.82) is 0 Å². The van der Waals surface area contributed by atoms with Gasteiger partial charge in [-0.1, -0.05) is 11.6 Å². The smallest absolute Gasteiger partial charge is 0.394 e. The standard InChI is InChI=1S/C23H26N2O4.H2O4S/c1-27-16-8-14-15(9-17(16)28-2)25-20(26)10-18-21-13-7-19-23(14,22(21)25)4-5-24(19)11-12(13)3-6-29-18;1-5(2,3)4/h3,8-9,13,18-19,21-22H,4-7,10-11H2,1-2H3;(H2,1,2,3,4)/t13-,18-,19-,21-,22-,23+;/m0./s1. The van der Waals surface area contributed by atoms with E-state index in [4.69, 9.17) is 31.7 Å². The van der Waals surface area contributed by atoms with E-state index in [0.717, 1.165) is 30.9 Å². The number of amides is 1. The van der Waals surface area contributed by atoms with Crippen molar-refractivity contribution in [3.05, 3.63) is 29.3 Å². The predicted octanol–water partition coefficient (Wildman–Crippen LogP) is 1.46. The first-order valence-electron chi connectivity index (χ1n) is 11.5. The molecule has 3 saturated heterocycles. The van der Waals surface area contributed by atoms with Gasteiger partial charge in [0.25, 0.3) is 0 Å². The molecular weight excluding hydrogens is 464 g/mol. The molecule has 5 heterocycles. The van der Waals surface area contributed by atoms with Crippen LogP contribution in [0.25, 0.3) is 0 Å². The molecular formula is C23H28N2O8S. The summed E-state index contributed by atoms with van der Waals surface area (Å²) in [6.45, 7) is 2.80. The van der Waals surface area contributed by atoms with Crippen molar-refractivity contribution in [2.75, 3.05) is 38.8 Å². The van der Waals surface area contributed by atoms with Crippen LogP contribution in [0.3, 0.4) is 0 Å². The van der Waals surface area contributed by atoms with Crippen LogP contribution >= 0.6 is 0 Å². The van der Waals surface area contributed by atoms with Gasteiger partial charge >= 0.3 is 10.4 Å². The number of hydrogen-bond acceptors (Lipinski definition) is 7. The fourth-order valence-electron chi connectivity index (χ4n) is 7.87. The Morgan fingerprint density at radius 3 is 2.59 bits per heavy atom. The third kappa shape index (κ3) is 2.94. The maximum Gasteiger partial charge on any atom is 0.394 e. The van der Waals surface area contributed by atoms with Crippen molar-refractivity contribution in [2.45, 2.75) is 42.9 Å². The molecule has 1 amide bonds. The summed E-state index contributed by atoms with van der Waals surface area (Å²) in [5.41, 5.74) is 3.85. The van der Waals surface area contributed by atoms with E-state index in [-0.39, 0.29) is 23.5 Å². The lowest BCUT2D eigenvalue weighted by atomic mass is 9.53. The Morgan fingerprint density at radius 1 is 1.18 bits per heavy atom. The van der Waals surface area contributed by atoms with Gasteiger partial charge in [0.15, 0.2) is 11.5 Å². The Morgan fingerprint density at radius 2 is 1.88 bits per heavy atom. The quantitative estimate of drug-likeness (QED) is 0.466. The molecule has 1 spiro atoms. The van der Waals surface area contributed by atoms with Crippen molar-refractivity contribution in [3.63, 3.8) is 0 Å². The minimum Gasteiger partial charge on any atom is -0.493 e. The molecule has 0 radical (unpaired) electrons. The highest BCUT2D eigenvalue weighted by Crippen LogP contribution is 2.66. The topological polar surface area (TPSA) is 126 Å². The van der Waals surface area contributed by atoms with E-state index in [1.807, 2.05) is 6.07 Å². The zero-order chi connectivity index (χ0) is 24.0. The summed E-state index contributed by atoms with van der Waals surface area (Å²) in [7, 11) is -1.31. The van der Waals surface area contributed by atoms with Crippen LogP contribution in [-0.4, -0.2) is 80.4 Å². The lowest BCUT2D eigenvalue weighted by molar-refractivity contribution is -0.132. The number of anilines is 1. The summed E-state index contributed by atoms with van der Waals surface area (Å²) < 4.78 is 49.2. The average molecular weight is 493 g/mol. The Balaban J connectivity index is 0.000000398. The van der Waals surface area contributed by atoms with Gasteiger partial charge in [-0.3, -0.25) is 18.8 Å². The number of rotatable bonds is 2. The maximum atomic E-state index is 13.5. The van der Waals surface area contributed by atoms with E-state index in [1.54, 1.807) is 19.8 Å². The molecule has 6 aliphatic rings. The van der Waals surface area contributed by atoms with Gasteiger partial charge in [-0.05, 0) is 36.9 Å². The zero-order valence-electron chi connectivity index (χ0n) is 19.0. The van der Waals surface area contributed by atoms with Gasteiger partial charge in [0, 0.05) is 30.0 Å². The number of fused-ring (bicyclic) bond motifs is 2. The Bertz CT molecular complexity index is 1190. The van der Waals surface area contributed by atoms with Gasteiger partial charge in [0.05, 0.1) is 45.1 Å². The van der Waals surface area contributed by atoms with Crippen molar-refractivity contribution in [3.8, 4) is 11.5 Å². The van der Waals surface area contributed by atoms with Gasteiger partial charge in [0.2, 0.25) is 5.91 Å². The molecule has 0 unspecified atom stereocenters. The molecule has 6 atom stereocenters. The summed E-state index contributed by atoms with van der Waals surface area (Å²) in [4.78, 5) is 18.3.